The van der Waals surface area contributed by atoms with E-state index in [1.165, 1.54) is 12.1 Å². The van der Waals surface area contributed by atoms with Gasteiger partial charge in [0.25, 0.3) is 5.91 Å². The van der Waals surface area contributed by atoms with Crippen molar-refractivity contribution in [3.63, 3.8) is 0 Å². The number of hydrogen-bond acceptors (Lipinski definition) is 4. The van der Waals surface area contributed by atoms with Crippen LogP contribution in [0.25, 0.3) is 11.1 Å². The quantitative estimate of drug-likeness (QED) is 0.712. The largest absolute Gasteiger partial charge is 0.491 e. The molecule has 0 N–H and O–H groups in total. The van der Waals surface area contributed by atoms with Gasteiger partial charge in [-0.3, -0.25) is 4.79 Å². The molecule has 1 atom stereocenters. The summed E-state index contributed by atoms with van der Waals surface area (Å²) in [5.41, 5.74) is 1.10. The van der Waals surface area contributed by atoms with Gasteiger partial charge in [0.15, 0.2) is 0 Å². The molecule has 0 bridgehead atoms. The van der Waals surface area contributed by atoms with Crippen LogP contribution in [0.1, 0.15) is 31.1 Å². The molecule has 0 saturated carbocycles. The summed E-state index contributed by atoms with van der Waals surface area (Å²) in [5.74, 6) is -0.0628. The number of halogens is 1. The van der Waals surface area contributed by atoms with Gasteiger partial charge in [-0.2, -0.15) is 0 Å². The molecular formula is C23H25FN2O4. The number of piperazine rings is 1. The zero-order valence-electron chi connectivity index (χ0n) is 17.4. The zero-order valence-corrected chi connectivity index (χ0v) is 17.4. The van der Waals surface area contributed by atoms with Gasteiger partial charge in [-0.15, -0.1) is 0 Å². The fourth-order valence-electron chi connectivity index (χ4n) is 3.86. The van der Waals surface area contributed by atoms with E-state index in [-0.39, 0.29) is 24.4 Å². The van der Waals surface area contributed by atoms with Crippen LogP contribution in [0, 0.1) is 5.82 Å². The molecule has 2 aliphatic rings. The highest BCUT2D eigenvalue weighted by Crippen LogP contribution is 2.35. The smallest absolute Gasteiger partial charge is 0.410 e. The Morgan fingerprint density at radius 3 is 2.67 bits per heavy atom. The van der Waals surface area contributed by atoms with E-state index in [1.807, 2.05) is 20.8 Å². The summed E-state index contributed by atoms with van der Waals surface area (Å²) in [6.07, 6.45) is -0.392. The lowest BCUT2D eigenvalue weighted by Crippen LogP contribution is -2.58. The van der Waals surface area contributed by atoms with Crippen LogP contribution in [0.4, 0.5) is 9.18 Å². The maximum absolute atomic E-state index is 13.8. The first-order chi connectivity index (χ1) is 14.2. The van der Waals surface area contributed by atoms with Crippen molar-refractivity contribution in [3.05, 3.63) is 53.8 Å². The number of carbonyl (C=O) groups is 2. The molecule has 6 nitrogen and oxygen atoms in total. The molecule has 2 heterocycles. The van der Waals surface area contributed by atoms with Gasteiger partial charge in [-0.25, -0.2) is 9.18 Å². The van der Waals surface area contributed by atoms with Gasteiger partial charge in [0.1, 0.15) is 23.8 Å². The van der Waals surface area contributed by atoms with Gasteiger partial charge in [-0.1, -0.05) is 24.3 Å². The van der Waals surface area contributed by atoms with E-state index in [2.05, 4.69) is 0 Å². The number of hydrogen-bond donors (Lipinski definition) is 0. The number of ether oxygens (including phenoxy) is 2. The van der Waals surface area contributed by atoms with Crippen LogP contribution in [-0.4, -0.2) is 59.7 Å². The monoisotopic (exact) mass is 412 g/mol. The first kappa shape index (κ1) is 20.2. The summed E-state index contributed by atoms with van der Waals surface area (Å²) in [7, 11) is 0. The van der Waals surface area contributed by atoms with Crippen LogP contribution in [-0.2, 0) is 4.74 Å². The first-order valence-corrected chi connectivity index (χ1v) is 10.0. The molecule has 2 aromatic carbocycles. The Balaban J connectivity index is 1.62. The van der Waals surface area contributed by atoms with E-state index >= 15 is 0 Å². The molecule has 1 unspecified atom stereocenters. The Morgan fingerprint density at radius 2 is 1.93 bits per heavy atom. The number of carbonyl (C=O) groups excluding carboxylic acids is 2. The Hall–Kier alpha value is -3.09. The van der Waals surface area contributed by atoms with E-state index in [1.54, 1.807) is 40.1 Å². The minimum atomic E-state index is -0.583. The molecule has 2 aliphatic heterocycles. The van der Waals surface area contributed by atoms with Crippen molar-refractivity contribution in [2.75, 3.05) is 26.2 Å². The molecule has 0 aromatic heterocycles. The Bertz CT molecular complexity index is 985. The molecule has 0 spiro atoms. The standard InChI is InChI=1S/C23H25FN2O4/c1-23(2,3)30-22(28)25-10-11-26-17(13-25)14-29-19-9-5-8-18(20(19)21(26)27)15-6-4-7-16(24)12-15/h4-9,12,17H,10-11,13-14H2,1-3H3. The maximum Gasteiger partial charge on any atom is 0.410 e. The molecule has 30 heavy (non-hydrogen) atoms. The van der Waals surface area contributed by atoms with Gasteiger partial charge < -0.3 is 19.3 Å². The number of benzene rings is 2. The Kier molecular flexibility index (Phi) is 5.13. The number of amides is 2. The molecule has 2 aromatic rings. The van der Waals surface area contributed by atoms with E-state index < -0.39 is 11.7 Å². The summed E-state index contributed by atoms with van der Waals surface area (Å²) in [6, 6.07) is 11.2. The van der Waals surface area contributed by atoms with Crippen molar-refractivity contribution in [1.82, 2.24) is 9.80 Å². The Morgan fingerprint density at radius 1 is 1.17 bits per heavy atom. The Labute approximate surface area is 175 Å². The van der Waals surface area contributed by atoms with Crippen LogP contribution in [0.2, 0.25) is 0 Å². The molecule has 0 aliphatic carbocycles. The average molecular weight is 412 g/mol. The van der Waals surface area contributed by atoms with Crippen LogP contribution in [0.5, 0.6) is 5.75 Å². The van der Waals surface area contributed by atoms with Crippen LogP contribution >= 0.6 is 0 Å². The normalized spacial score (nSPS) is 18.8. The van der Waals surface area contributed by atoms with Gasteiger partial charge in [0, 0.05) is 19.6 Å². The minimum Gasteiger partial charge on any atom is -0.491 e. The molecule has 2 amide bonds. The third-order valence-corrected chi connectivity index (χ3v) is 5.20. The maximum atomic E-state index is 13.8. The summed E-state index contributed by atoms with van der Waals surface area (Å²) in [6.45, 7) is 6.84. The molecule has 1 fully saturated rings. The van der Waals surface area contributed by atoms with Crippen molar-refractivity contribution in [2.24, 2.45) is 0 Å². The van der Waals surface area contributed by atoms with Crippen molar-refractivity contribution in [1.29, 1.82) is 0 Å². The van der Waals surface area contributed by atoms with E-state index in [4.69, 9.17) is 9.47 Å². The predicted molar refractivity (Wildman–Crippen MR) is 110 cm³/mol. The fraction of sp³-hybridized carbons (Fsp3) is 0.391. The molecule has 1 saturated heterocycles. The number of nitrogens with zero attached hydrogens (tertiary/aromatic N) is 2. The van der Waals surface area contributed by atoms with Crippen molar-refractivity contribution in [2.45, 2.75) is 32.4 Å². The second-order valence-electron chi connectivity index (χ2n) is 8.58. The van der Waals surface area contributed by atoms with Gasteiger partial charge in [0.2, 0.25) is 0 Å². The lowest BCUT2D eigenvalue weighted by molar-refractivity contribution is 0.000958. The van der Waals surface area contributed by atoms with E-state index in [9.17, 15) is 14.0 Å². The van der Waals surface area contributed by atoms with E-state index in [0.29, 0.717) is 42.1 Å². The lowest BCUT2D eigenvalue weighted by atomic mass is 9.97. The minimum absolute atomic E-state index is 0.170. The zero-order chi connectivity index (χ0) is 21.5. The van der Waals surface area contributed by atoms with Crippen LogP contribution in [0.15, 0.2) is 42.5 Å². The summed E-state index contributed by atoms with van der Waals surface area (Å²) < 4.78 is 25.2. The highest BCUT2D eigenvalue weighted by atomic mass is 19.1. The molecular weight excluding hydrogens is 387 g/mol. The predicted octanol–water partition coefficient (Wildman–Crippen LogP) is 3.95. The molecule has 158 valence electrons. The van der Waals surface area contributed by atoms with Crippen LogP contribution in [0.3, 0.4) is 0 Å². The number of rotatable bonds is 1. The van der Waals surface area contributed by atoms with Gasteiger partial charge in [-0.05, 0) is 50.1 Å². The fourth-order valence-corrected chi connectivity index (χ4v) is 3.86. The third kappa shape index (κ3) is 3.97. The van der Waals surface area contributed by atoms with Gasteiger partial charge >= 0.3 is 6.09 Å². The molecule has 4 rings (SSSR count). The molecule has 7 heteroatoms. The summed E-state index contributed by atoms with van der Waals surface area (Å²) in [5, 5.41) is 0. The third-order valence-electron chi connectivity index (χ3n) is 5.20. The molecule has 0 radical (unpaired) electrons. The van der Waals surface area contributed by atoms with Crippen molar-refractivity contribution in [3.8, 4) is 16.9 Å². The highest BCUT2D eigenvalue weighted by molar-refractivity contribution is 6.04. The highest BCUT2D eigenvalue weighted by Gasteiger charge is 2.38. The van der Waals surface area contributed by atoms with Gasteiger partial charge in [0.05, 0.1) is 11.6 Å². The average Bonchev–Trinajstić information content (AvgIpc) is 2.83. The first-order valence-electron chi connectivity index (χ1n) is 10.0. The van der Waals surface area contributed by atoms with E-state index in [0.717, 1.165) is 0 Å². The van der Waals surface area contributed by atoms with Crippen LogP contribution < -0.4 is 4.74 Å². The van der Waals surface area contributed by atoms with Crippen molar-refractivity contribution < 1.29 is 23.5 Å². The second kappa shape index (κ2) is 7.63. The number of fused-ring (bicyclic) bond motifs is 2. The SMILES string of the molecule is CC(C)(C)OC(=O)N1CCN2C(=O)c3c(cccc3-c3cccc(F)c3)OCC2C1. The lowest BCUT2D eigenvalue weighted by Gasteiger charge is -2.40. The topological polar surface area (TPSA) is 59.1 Å². The summed E-state index contributed by atoms with van der Waals surface area (Å²) >= 11 is 0. The second-order valence-corrected chi connectivity index (χ2v) is 8.58. The summed E-state index contributed by atoms with van der Waals surface area (Å²) in [4.78, 5) is 29.3. The van der Waals surface area contributed by atoms with Crippen molar-refractivity contribution >= 4 is 12.0 Å².